The van der Waals surface area contributed by atoms with E-state index in [2.05, 4.69) is 28.5 Å². The molecule has 0 amide bonds. The minimum atomic E-state index is 0.274. The molecule has 0 atom stereocenters. The third kappa shape index (κ3) is 2.89. The quantitative estimate of drug-likeness (QED) is 0.707. The Labute approximate surface area is 136 Å². The summed E-state index contributed by atoms with van der Waals surface area (Å²) in [6.45, 7) is 2.19. The molecule has 23 heavy (non-hydrogen) atoms. The van der Waals surface area contributed by atoms with Crippen LogP contribution in [0.2, 0.25) is 0 Å². The van der Waals surface area contributed by atoms with E-state index in [-0.39, 0.29) is 5.78 Å². The molecule has 118 valence electrons. The highest BCUT2D eigenvalue weighted by Crippen LogP contribution is 2.27. The Kier molecular flexibility index (Phi) is 3.88. The molecule has 4 rings (SSSR count). The van der Waals surface area contributed by atoms with Crippen LogP contribution >= 0.6 is 0 Å². The molecule has 1 saturated heterocycles. The Bertz CT molecular complexity index is 843. The monoisotopic (exact) mass is 306 g/mol. The molecule has 0 radical (unpaired) electrons. The fourth-order valence-electron chi connectivity index (χ4n) is 3.67. The molecule has 1 fully saturated rings. The number of carbonyl (C=O) groups excluding carboxylic acids is 1. The lowest BCUT2D eigenvalue weighted by Gasteiger charge is -2.22. The molecule has 0 spiro atoms. The number of rotatable bonds is 4. The smallest absolute Gasteiger partial charge is 0.162 e. The first-order chi connectivity index (χ1) is 11.3. The van der Waals surface area contributed by atoms with Gasteiger partial charge >= 0.3 is 0 Å². The SMILES string of the molecule is O=C(CCC1CCNCC1)c1ccc2[nH]c3ccccc3c2c1. The van der Waals surface area contributed by atoms with Crippen LogP contribution in [0.3, 0.4) is 0 Å². The van der Waals surface area contributed by atoms with Crippen molar-refractivity contribution in [1.29, 1.82) is 0 Å². The van der Waals surface area contributed by atoms with Gasteiger partial charge in [0.05, 0.1) is 0 Å². The molecule has 0 bridgehead atoms. The Morgan fingerprint density at radius 2 is 1.78 bits per heavy atom. The predicted molar refractivity (Wildman–Crippen MR) is 95.0 cm³/mol. The van der Waals surface area contributed by atoms with Crippen LogP contribution in [0.15, 0.2) is 42.5 Å². The molecule has 1 aliphatic rings. The van der Waals surface area contributed by atoms with Crippen molar-refractivity contribution in [2.45, 2.75) is 25.7 Å². The van der Waals surface area contributed by atoms with E-state index < -0.39 is 0 Å². The number of carbonyl (C=O) groups is 1. The lowest BCUT2D eigenvalue weighted by molar-refractivity contribution is 0.0971. The van der Waals surface area contributed by atoms with E-state index in [1.54, 1.807) is 0 Å². The van der Waals surface area contributed by atoms with Crippen LogP contribution in [0.5, 0.6) is 0 Å². The van der Waals surface area contributed by atoms with Crippen molar-refractivity contribution in [3.05, 3.63) is 48.0 Å². The van der Waals surface area contributed by atoms with E-state index in [0.29, 0.717) is 12.3 Å². The Balaban J connectivity index is 1.55. The van der Waals surface area contributed by atoms with E-state index >= 15 is 0 Å². The summed E-state index contributed by atoms with van der Waals surface area (Å²) in [6, 6.07) is 14.3. The fraction of sp³-hybridized carbons (Fsp3) is 0.350. The number of para-hydroxylation sites is 1. The number of aromatic amines is 1. The molecular weight excluding hydrogens is 284 g/mol. The summed E-state index contributed by atoms with van der Waals surface area (Å²) in [5, 5.41) is 5.72. The fourth-order valence-corrected chi connectivity index (χ4v) is 3.67. The van der Waals surface area contributed by atoms with Crippen molar-refractivity contribution in [3.8, 4) is 0 Å². The van der Waals surface area contributed by atoms with Crippen LogP contribution in [-0.2, 0) is 0 Å². The van der Waals surface area contributed by atoms with Crippen molar-refractivity contribution in [2.24, 2.45) is 5.92 Å². The van der Waals surface area contributed by atoms with Crippen molar-refractivity contribution in [3.63, 3.8) is 0 Å². The summed E-state index contributed by atoms with van der Waals surface area (Å²) in [4.78, 5) is 16.0. The van der Waals surface area contributed by atoms with Gasteiger partial charge in [-0.15, -0.1) is 0 Å². The van der Waals surface area contributed by atoms with Crippen molar-refractivity contribution in [2.75, 3.05) is 13.1 Å². The number of fused-ring (bicyclic) bond motifs is 3. The minimum Gasteiger partial charge on any atom is -0.355 e. The van der Waals surface area contributed by atoms with Crippen molar-refractivity contribution in [1.82, 2.24) is 10.3 Å². The van der Waals surface area contributed by atoms with E-state index in [1.165, 1.54) is 18.2 Å². The first kappa shape index (κ1) is 14.5. The summed E-state index contributed by atoms with van der Waals surface area (Å²) in [5.74, 6) is 0.979. The molecule has 3 heteroatoms. The molecule has 1 aromatic heterocycles. The van der Waals surface area contributed by atoms with E-state index in [4.69, 9.17) is 0 Å². The van der Waals surface area contributed by atoms with Crippen LogP contribution in [0.25, 0.3) is 21.8 Å². The second-order valence-corrected chi connectivity index (χ2v) is 6.59. The van der Waals surface area contributed by atoms with Crippen LogP contribution < -0.4 is 5.32 Å². The highest BCUT2D eigenvalue weighted by Gasteiger charge is 2.16. The van der Waals surface area contributed by atoms with Crippen LogP contribution in [-0.4, -0.2) is 23.9 Å². The third-order valence-corrected chi connectivity index (χ3v) is 5.07. The zero-order valence-corrected chi connectivity index (χ0v) is 13.3. The lowest BCUT2D eigenvalue weighted by Crippen LogP contribution is -2.27. The van der Waals surface area contributed by atoms with Gasteiger partial charge in [-0.25, -0.2) is 0 Å². The zero-order chi connectivity index (χ0) is 15.6. The van der Waals surface area contributed by atoms with Gasteiger partial charge in [-0.05, 0) is 62.5 Å². The van der Waals surface area contributed by atoms with Gasteiger partial charge in [0.15, 0.2) is 5.78 Å². The zero-order valence-electron chi connectivity index (χ0n) is 13.3. The summed E-state index contributed by atoms with van der Waals surface area (Å²) < 4.78 is 0. The molecular formula is C20H22N2O. The molecule has 2 N–H and O–H groups in total. The molecule has 0 aliphatic carbocycles. The number of hydrogen-bond donors (Lipinski definition) is 2. The number of nitrogens with one attached hydrogen (secondary N) is 2. The van der Waals surface area contributed by atoms with Gasteiger partial charge in [0, 0.05) is 33.8 Å². The Morgan fingerprint density at radius 3 is 2.65 bits per heavy atom. The van der Waals surface area contributed by atoms with Gasteiger partial charge in [-0.2, -0.15) is 0 Å². The van der Waals surface area contributed by atoms with Gasteiger partial charge in [0.25, 0.3) is 0 Å². The highest BCUT2D eigenvalue weighted by molar-refractivity contribution is 6.10. The van der Waals surface area contributed by atoms with Gasteiger partial charge in [-0.3, -0.25) is 4.79 Å². The van der Waals surface area contributed by atoms with Crippen LogP contribution in [0.4, 0.5) is 0 Å². The van der Waals surface area contributed by atoms with Gasteiger partial charge < -0.3 is 10.3 Å². The largest absolute Gasteiger partial charge is 0.355 e. The number of piperidine rings is 1. The van der Waals surface area contributed by atoms with Gasteiger partial charge in [-0.1, -0.05) is 18.2 Å². The maximum absolute atomic E-state index is 12.6. The van der Waals surface area contributed by atoms with Crippen LogP contribution in [0.1, 0.15) is 36.0 Å². The summed E-state index contributed by atoms with van der Waals surface area (Å²) in [7, 11) is 0. The van der Waals surface area contributed by atoms with Gasteiger partial charge in [0.1, 0.15) is 0 Å². The number of hydrogen-bond acceptors (Lipinski definition) is 2. The number of benzene rings is 2. The first-order valence-electron chi connectivity index (χ1n) is 8.55. The third-order valence-electron chi connectivity index (χ3n) is 5.07. The molecule has 3 nitrogen and oxygen atoms in total. The molecule has 3 aromatic rings. The number of aromatic nitrogens is 1. The summed E-state index contributed by atoms with van der Waals surface area (Å²) in [5.41, 5.74) is 3.07. The minimum absolute atomic E-state index is 0.274. The van der Waals surface area contributed by atoms with E-state index in [0.717, 1.165) is 41.5 Å². The standard InChI is InChI=1S/C20H22N2O/c23-20(8-5-14-9-11-21-12-10-14)15-6-7-19-17(13-15)16-3-1-2-4-18(16)22-19/h1-4,6-7,13-14,21-22H,5,8-12H2. The average molecular weight is 306 g/mol. The molecule has 2 aromatic carbocycles. The van der Waals surface area contributed by atoms with E-state index in [9.17, 15) is 4.79 Å². The second kappa shape index (κ2) is 6.17. The topological polar surface area (TPSA) is 44.9 Å². The Hall–Kier alpha value is -2.13. The van der Waals surface area contributed by atoms with Gasteiger partial charge in [0.2, 0.25) is 0 Å². The predicted octanol–water partition coefficient (Wildman–Crippen LogP) is 4.28. The van der Waals surface area contributed by atoms with Crippen LogP contribution in [0, 0.1) is 5.92 Å². The molecule has 0 saturated carbocycles. The second-order valence-electron chi connectivity index (χ2n) is 6.59. The summed E-state index contributed by atoms with van der Waals surface area (Å²) >= 11 is 0. The number of H-pyrrole nitrogens is 1. The average Bonchev–Trinajstić information content (AvgIpc) is 2.98. The summed E-state index contributed by atoms with van der Waals surface area (Å²) in [6.07, 6.45) is 4.09. The molecule has 0 unspecified atom stereocenters. The van der Waals surface area contributed by atoms with E-state index in [1.807, 2.05) is 24.3 Å². The Morgan fingerprint density at radius 1 is 1.00 bits per heavy atom. The normalized spacial score (nSPS) is 16.2. The molecule has 1 aliphatic heterocycles. The number of Topliss-reactive ketones (excluding diaryl/α,β-unsaturated/α-hetero) is 1. The highest BCUT2D eigenvalue weighted by atomic mass is 16.1. The maximum Gasteiger partial charge on any atom is 0.162 e. The maximum atomic E-state index is 12.6. The first-order valence-corrected chi connectivity index (χ1v) is 8.55. The number of ketones is 1. The molecule has 2 heterocycles. The lowest BCUT2D eigenvalue weighted by atomic mass is 9.91. The van der Waals surface area contributed by atoms with Crippen molar-refractivity contribution < 1.29 is 4.79 Å². The van der Waals surface area contributed by atoms with Crippen molar-refractivity contribution >= 4 is 27.6 Å².